The molecule has 5 rings (SSSR count). The quantitative estimate of drug-likeness (QED) is 0.333. The molecule has 4 heterocycles. The first-order valence-electron chi connectivity index (χ1n) is 11.0. The highest BCUT2D eigenvalue weighted by molar-refractivity contribution is 5.91. The molecule has 1 atom stereocenters. The number of aromatic nitrogens is 2. The van der Waals surface area contributed by atoms with Crippen molar-refractivity contribution in [2.45, 2.75) is 25.7 Å². The van der Waals surface area contributed by atoms with E-state index in [0.29, 0.717) is 18.8 Å². The van der Waals surface area contributed by atoms with E-state index in [1.165, 1.54) is 12.1 Å². The second-order valence-corrected chi connectivity index (χ2v) is 8.15. The average molecular weight is 457 g/mol. The van der Waals surface area contributed by atoms with Crippen molar-refractivity contribution in [2.75, 3.05) is 6.54 Å². The van der Waals surface area contributed by atoms with Gasteiger partial charge in [-0.25, -0.2) is 0 Å². The number of hydrogen-bond acceptors (Lipinski definition) is 6. The molecule has 0 radical (unpaired) electrons. The smallest absolute Gasteiger partial charge is 0.287 e. The van der Waals surface area contributed by atoms with E-state index in [2.05, 4.69) is 25.8 Å². The van der Waals surface area contributed by atoms with Crippen LogP contribution in [0.15, 0.2) is 83.7 Å². The van der Waals surface area contributed by atoms with Crippen LogP contribution < -0.4 is 5.32 Å². The summed E-state index contributed by atoms with van der Waals surface area (Å²) >= 11 is 0. The first-order chi connectivity index (χ1) is 16.6. The van der Waals surface area contributed by atoms with Gasteiger partial charge in [0.25, 0.3) is 11.6 Å². The molecule has 0 saturated carbocycles. The normalized spacial score (nSPS) is 15.6. The van der Waals surface area contributed by atoms with Gasteiger partial charge in [-0.1, -0.05) is 12.1 Å². The largest absolute Gasteiger partial charge is 0.455 e. The van der Waals surface area contributed by atoms with Gasteiger partial charge in [-0.2, -0.15) is 0 Å². The number of nitrogens with one attached hydrogen (secondary N) is 1. The Morgan fingerprint density at radius 3 is 2.65 bits per heavy atom. The number of rotatable bonds is 7. The first-order valence-corrected chi connectivity index (χ1v) is 11.0. The van der Waals surface area contributed by atoms with Crippen molar-refractivity contribution in [3.63, 3.8) is 0 Å². The molecule has 1 unspecified atom stereocenters. The molecule has 172 valence electrons. The van der Waals surface area contributed by atoms with E-state index < -0.39 is 4.92 Å². The van der Waals surface area contributed by atoms with Crippen molar-refractivity contribution in [3.05, 3.63) is 118 Å². The van der Waals surface area contributed by atoms with Gasteiger partial charge in [-0.15, -0.1) is 0 Å². The van der Waals surface area contributed by atoms with E-state index in [1.54, 1.807) is 30.6 Å². The molecule has 1 amide bonds. The zero-order valence-electron chi connectivity index (χ0n) is 18.3. The molecule has 3 aromatic heterocycles. The van der Waals surface area contributed by atoms with Gasteiger partial charge < -0.3 is 14.3 Å². The molecule has 0 spiro atoms. The summed E-state index contributed by atoms with van der Waals surface area (Å²) in [5, 5.41) is 13.9. The Labute approximate surface area is 195 Å². The number of carbonyl (C=O) groups is 1. The maximum absolute atomic E-state index is 12.5. The van der Waals surface area contributed by atoms with Crippen LogP contribution in [0.3, 0.4) is 0 Å². The number of carbonyl (C=O) groups excluding carboxylic acids is 1. The maximum Gasteiger partial charge on any atom is 0.287 e. The number of benzene rings is 1. The molecule has 34 heavy (non-hydrogen) atoms. The Hall–Kier alpha value is -4.24. The maximum atomic E-state index is 12.5. The second kappa shape index (κ2) is 9.32. The van der Waals surface area contributed by atoms with Crippen molar-refractivity contribution in [2.24, 2.45) is 0 Å². The van der Waals surface area contributed by atoms with E-state index in [9.17, 15) is 14.9 Å². The fraction of sp³-hybridized carbons (Fsp3) is 0.200. The van der Waals surface area contributed by atoms with Crippen LogP contribution >= 0.6 is 0 Å². The van der Waals surface area contributed by atoms with Crippen molar-refractivity contribution in [1.29, 1.82) is 0 Å². The molecule has 0 aliphatic carbocycles. The average Bonchev–Trinajstić information content (AvgIpc) is 3.53. The molecule has 0 saturated heterocycles. The lowest BCUT2D eigenvalue weighted by Crippen LogP contribution is -2.37. The van der Waals surface area contributed by atoms with Crippen molar-refractivity contribution in [3.8, 4) is 0 Å². The van der Waals surface area contributed by atoms with Crippen LogP contribution in [-0.2, 0) is 19.6 Å². The molecular weight excluding hydrogens is 434 g/mol. The number of hydrogen-bond donors (Lipinski definition) is 1. The number of non-ortho nitro benzene ring substituents is 1. The highest BCUT2D eigenvalue weighted by Crippen LogP contribution is 2.34. The third-order valence-corrected chi connectivity index (χ3v) is 6.00. The Bertz CT molecular complexity index is 1300. The standard InChI is InChI=1S/C25H23N5O4/c31-25(27-16-18-9-11-26-12-10-18)23-8-7-21(34-23)17-29-15-14-28-13-1-2-22(28)24(29)19-3-5-20(6-4-19)30(32)33/h1-13,24H,14-17H2,(H,27,31). The van der Waals surface area contributed by atoms with Crippen molar-refractivity contribution < 1.29 is 14.1 Å². The Morgan fingerprint density at radius 2 is 1.88 bits per heavy atom. The minimum absolute atomic E-state index is 0.0648. The van der Waals surface area contributed by atoms with E-state index in [4.69, 9.17) is 4.42 Å². The minimum Gasteiger partial charge on any atom is -0.455 e. The summed E-state index contributed by atoms with van der Waals surface area (Å²) in [5.41, 5.74) is 3.10. The zero-order chi connectivity index (χ0) is 23.5. The molecular formula is C25H23N5O4. The van der Waals surface area contributed by atoms with Gasteiger partial charge >= 0.3 is 0 Å². The lowest BCUT2D eigenvalue weighted by atomic mass is 9.99. The highest BCUT2D eigenvalue weighted by Gasteiger charge is 2.30. The number of nitrogens with zero attached hydrogens (tertiary/aromatic N) is 4. The molecule has 1 aliphatic rings. The van der Waals surface area contributed by atoms with Crippen LogP contribution in [0, 0.1) is 10.1 Å². The number of nitro groups is 1. The van der Waals surface area contributed by atoms with Gasteiger partial charge in [-0.05, 0) is 47.5 Å². The Balaban J connectivity index is 1.32. The van der Waals surface area contributed by atoms with Crippen molar-refractivity contribution >= 4 is 11.6 Å². The summed E-state index contributed by atoms with van der Waals surface area (Å²) in [5.74, 6) is 0.666. The Morgan fingerprint density at radius 1 is 1.09 bits per heavy atom. The molecule has 1 aliphatic heterocycles. The van der Waals surface area contributed by atoms with Crippen LogP contribution in [0.2, 0.25) is 0 Å². The molecule has 1 N–H and O–H groups in total. The number of amides is 1. The number of fused-ring (bicyclic) bond motifs is 1. The van der Waals surface area contributed by atoms with Gasteiger partial charge in [0.05, 0.1) is 17.5 Å². The van der Waals surface area contributed by atoms with E-state index in [-0.39, 0.29) is 23.4 Å². The number of nitro benzene ring substituents is 1. The molecule has 4 aromatic rings. The molecule has 9 nitrogen and oxygen atoms in total. The predicted octanol–water partition coefficient (Wildman–Crippen LogP) is 3.92. The van der Waals surface area contributed by atoms with Crippen molar-refractivity contribution in [1.82, 2.24) is 19.8 Å². The summed E-state index contributed by atoms with van der Waals surface area (Å²) < 4.78 is 8.08. The van der Waals surface area contributed by atoms with Gasteiger partial charge in [0, 0.05) is 56.1 Å². The van der Waals surface area contributed by atoms with Gasteiger partial charge in [0.1, 0.15) is 5.76 Å². The minimum atomic E-state index is -0.394. The number of furan rings is 1. The van der Waals surface area contributed by atoms with Gasteiger partial charge in [0.15, 0.2) is 5.76 Å². The molecule has 0 bridgehead atoms. The molecule has 9 heteroatoms. The SMILES string of the molecule is O=C(NCc1ccncc1)c1ccc(CN2CCn3cccc3C2c2ccc([N+](=O)[O-])cc2)o1. The highest BCUT2D eigenvalue weighted by atomic mass is 16.6. The van der Waals surface area contributed by atoms with Crippen LogP contribution in [0.1, 0.15) is 39.2 Å². The summed E-state index contributed by atoms with van der Waals surface area (Å²) in [6.07, 6.45) is 5.41. The van der Waals surface area contributed by atoms with Crippen LogP contribution in [0.5, 0.6) is 0 Å². The third kappa shape index (κ3) is 4.46. The zero-order valence-corrected chi connectivity index (χ0v) is 18.3. The van der Waals surface area contributed by atoms with Gasteiger partial charge in [-0.3, -0.25) is 24.8 Å². The lowest BCUT2D eigenvalue weighted by molar-refractivity contribution is -0.384. The fourth-order valence-corrected chi connectivity index (χ4v) is 4.32. The Kier molecular flexibility index (Phi) is 5.92. The number of pyridine rings is 1. The molecule has 0 fully saturated rings. The van der Waals surface area contributed by atoms with Crippen LogP contribution in [0.25, 0.3) is 0 Å². The van der Waals surface area contributed by atoms with Crippen LogP contribution in [-0.4, -0.2) is 31.8 Å². The van der Waals surface area contributed by atoms with E-state index >= 15 is 0 Å². The summed E-state index contributed by atoms with van der Waals surface area (Å²) in [6, 6.07) is 17.9. The topological polar surface area (TPSA) is 106 Å². The van der Waals surface area contributed by atoms with Gasteiger partial charge in [0.2, 0.25) is 0 Å². The van der Waals surface area contributed by atoms with E-state index in [0.717, 1.165) is 29.9 Å². The monoisotopic (exact) mass is 457 g/mol. The third-order valence-electron chi connectivity index (χ3n) is 6.00. The summed E-state index contributed by atoms with van der Waals surface area (Å²) in [7, 11) is 0. The molecule has 1 aromatic carbocycles. The lowest BCUT2D eigenvalue weighted by Gasteiger charge is -2.36. The van der Waals surface area contributed by atoms with Crippen LogP contribution in [0.4, 0.5) is 5.69 Å². The first kappa shape index (κ1) is 21.6. The van der Waals surface area contributed by atoms with E-state index in [1.807, 2.05) is 30.5 Å². The second-order valence-electron chi connectivity index (χ2n) is 8.15. The summed E-state index contributed by atoms with van der Waals surface area (Å²) in [4.78, 5) is 29.4. The summed E-state index contributed by atoms with van der Waals surface area (Å²) in [6.45, 7) is 2.49. The predicted molar refractivity (Wildman–Crippen MR) is 124 cm³/mol. The fourth-order valence-electron chi connectivity index (χ4n) is 4.32.